The predicted octanol–water partition coefficient (Wildman–Crippen LogP) is 2.58. The maximum atomic E-state index is 13.4. The number of rotatable bonds is 8. The normalized spacial score (nSPS) is 20.4. The molecule has 0 bridgehead atoms. The number of nitrogens with one attached hydrogen (secondary N) is 1. The summed E-state index contributed by atoms with van der Waals surface area (Å²) < 4.78 is 18.7. The summed E-state index contributed by atoms with van der Waals surface area (Å²) in [5.41, 5.74) is 0.524. The number of hydrogen-bond acceptors (Lipinski definition) is 4. The van der Waals surface area contributed by atoms with Gasteiger partial charge in [0.05, 0.1) is 19.3 Å². The lowest BCUT2D eigenvalue weighted by atomic mass is 10.2. The molecule has 5 heteroatoms. The highest BCUT2D eigenvalue weighted by molar-refractivity contribution is 7.99. The van der Waals surface area contributed by atoms with Gasteiger partial charge in [-0.3, -0.25) is 0 Å². The fraction of sp³-hybridized carbons (Fsp3) is 0.625. The second-order valence-electron chi connectivity index (χ2n) is 5.41. The molecule has 1 fully saturated rings. The van der Waals surface area contributed by atoms with Crippen molar-refractivity contribution in [3.05, 3.63) is 35.6 Å². The first-order valence-electron chi connectivity index (χ1n) is 7.57. The Morgan fingerprint density at radius 1 is 1.38 bits per heavy atom. The van der Waals surface area contributed by atoms with E-state index < -0.39 is 6.10 Å². The van der Waals surface area contributed by atoms with E-state index in [2.05, 4.69) is 5.32 Å². The Hall–Kier alpha value is -0.620. The lowest BCUT2D eigenvalue weighted by Gasteiger charge is -2.22. The van der Waals surface area contributed by atoms with Crippen LogP contribution in [-0.4, -0.2) is 41.9 Å². The van der Waals surface area contributed by atoms with Gasteiger partial charge in [-0.1, -0.05) is 24.6 Å². The van der Waals surface area contributed by atoms with Gasteiger partial charge in [0.2, 0.25) is 0 Å². The van der Waals surface area contributed by atoms with E-state index in [-0.39, 0.29) is 19.0 Å². The summed E-state index contributed by atoms with van der Waals surface area (Å²) in [7, 11) is 0. The zero-order valence-corrected chi connectivity index (χ0v) is 13.1. The highest BCUT2D eigenvalue weighted by Gasteiger charge is 2.14. The molecule has 1 aliphatic rings. The summed E-state index contributed by atoms with van der Waals surface area (Å²) in [6.07, 6.45) is 3.35. The number of halogens is 1. The van der Waals surface area contributed by atoms with E-state index in [9.17, 15) is 9.50 Å². The molecule has 1 aromatic rings. The van der Waals surface area contributed by atoms with Crippen LogP contribution in [0.25, 0.3) is 0 Å². The standard InChI is InChI=1S/C16H24FNO2S/c17-16-7-2-1-5-13(16)11-20-12-14(19)9-18-10-15-6-3-4-8-21-15/h1-2,5,7,14-15,18-19H,3-4,6,8-12H2. The third kappa shape index (κ3) is 6.34. The van der Waals surface area contributed by atoms with Gasteiger partial charge in [0.25, 0.3) is 0 Å². The number of thioether (sulfide) groups is 1. The highest BCUT2D eigenvalue weighted by Crippen LogP contribution is 2.24. The van der Waals surface area contributed by atoms with Crippen LogP contribution in [0.3, 0.4) is 0 Å². The van der Waals surface area contributed by atoms with Crippen molar-refractivity contribution in [3.8, 4) is 0 Å². The van der Waals surface area contributed by atoms with Gasteiger partial charge in [0.1, 0.15) is 5.82 Å². The lowest BCUT2D eigenvalue weighted by molar-refractivity contribution is 0.0280. The molecule has 1 saturated heterocycles. The van der Waals surface area contributed by atoms with Crippen molar-refractivity contribution in [3.63, 3.8) is 0 Å². The largest absolute Gasteiger partial charge is 0.389 e. The molecule has 2 atom stereocenters. The Kier molecular flexibility index (Phi) is 7.50. The SMILES string of the molecule is OC(CNCC1CCCCS1)COCc1ccccc1F. The zero-order chi connectivity index (χ0) is 14.9. The van der Waals surface area contributed by atoms with Crippen LogP contribution in [0.4, 0.5) is 4.39 Å². The van der Waals surface area contributed by atoms with Gasteiger partial charge < -0.3 is 15.2 Å². The molecule has 0 amide bonds. The molecule has 0 aromatic heterocycles. The molecular weight excluding hydrogens is 289 g/mol. The first-order valence-corrected chi connectivity index (χ1v) is 8.62. The topological polar surface area (TPSA) is 41.5 Å². The van der Waals surface area contributed by atoms with E-state index in [1.165, 1.54) is 31.1 Å². The van der Waals surface area contributed by atoms with Crippen molar-refractivity contribution < 1.29 is 14.2 Å². The first-order chi connectivity index (χ1) is 10.3. The fourth-order valence-corrected chi connectivity index (χ4v) is 3.63. The molecule has 2 rings (SSSR count). The number of ether oxygens (including phenoxy) is 1. The van der Waals surface area contributed by atoms with Crippen molar-refractivity contribution in [1.29, 1.82) is 0 Å². The summed E-state index contributed by atoms with van der Waals surface area (Å²) >= 11 is 2.01. The Labute approximate surface area is 130 Å². The molecule has 2 unspecified atom stereocenters. The van der Waals surface area contributed by atoms with Crippen LogP contribution in [0.1, 0.15) is 24.8 Å². The second-order valence-corrected chi connectivity index (χ2v) is 6.82. The molecule has 0 spiro atoms. The van der Waals surface area contributed by atoms with Crippen LogP contribution in [0.5, 0.6) is 0 Å². The number of aliphatic hydroxyl groups excluding tert-OH is 1. The fourth-order valence-electron chi connectivity index (χ4n) is 2.36. The minimum absolute atomic E-state index is 0.197. The molecule has 0 radical (unpaired) electrons. The van der Waals surface area contributed by atoms with Gasteiger partial charge in [0.15, 0.2) is 0 Å². The number of benzene rings is 1. The van der Waals surface area contributed by atoms with Crippen molar-refractivity contribution in [2.24, 2.45) is 0 Å². The van der Waals surface area contributed by atoms with Gasteiger partial charge in [-0.05, 0) is 24.7 Å². The number of hydrogen-bond donors (Lipinski definition) is 2. The van der Waals surface area contributed by atoms with E-state index in [1.54, 1.807) is 18.2 Å². The van der Waals surface area contributed by atoms with Crippen LogP contribution in [-0.2, 0) is 11.3 Å². The average Bonchev–Trinajstić information content (AvgIpc) is 2.50. The van der Waals surface area contributed by atoms with Gasteiger partial charge in [-0.15, -0.1) is 0 Å². The highest BCUT2D eigenvalue weighted by atomic mass is 32.2. The van der Waals surface area contributed by atoms with E-state index >= 15 is 0 Å². The summed E-state index contributed by atoms with van der Waals surface area (Å²) in [5, 5.41) is 13.8. The minimum atomic E-state index is -0.551. The van der Waals surface area contributed by atoms with Gasteiger partial charge >= 0.3 is 0 Å². The summed E-state index contributed by atoms with van der Waals surface area (Å²) in [6, 6.07) is 6.54. The van der Waals surface area contributed by atoms with Crippen LogP contribution in [0, 0.1) is 5.82 Å². The molecule has 118 valence electrons. The summed E-state index contributed by atoms with van der Waals surface area (Å²) in [4.78, 5) is 0. The third-order valence-electron chi connectivity index (χ3n) is 3.55. The Morgan fingerprint density at radius 2 is 2.24 bits per heavy atom. The summed E-state index contributed by atoms with van der Waals surface area (Å²) in [5.74, 6) is 0.986. The molecule has 1 aromatic carbocycles. The maximum Gasteiger partial charge on any atom is 0.128 e. The Morgan fingerprint density at radius 3 is 3.00 bits per heavy atom. The molecule has 1 heterocycles. The van der Waals surface area contributed by atoms with Crippen molar-refractivity contribution >= 4 is 11.8 Å². The molecule has 21 heavy (non-hydrogen) atoms. The lowest BCUT2D eigenvalue weighted by Crippen LogP contribution is -2.35. The predicted molar refractivity (Wildman–Crippen MR) is 85.0 cm³/mol. The van der Waals surface area contributed by atoms with Crippen LogP contribution in [0.15, 0.2) is 24.3 Å². The zero-order valence-electron chi connectivity index (χ0n) is 12.3. The number of aliphatic hydroxyl groups is 1. The van der Waals surface area contributed by atoms with E-state index in [1.807, 2.05) is 11.8 Å². The monoisotopic (exact) mass is 313 g/mol. The van der Waals surface area contributed by atoms with Crippen LogP contribution < -0.4 is 5.32 Å². The average molecular weight is 313 g/mol. The summed E-state index contributed by atoms with van der Waals surface area (Å²) in [6.45, 7) is 1.88. The van der Waals surface area contributed by atoms with E-state index in [0.29, 0.717) is 17.4 Å². The van der Waals surface area contributed by atoms with Crippen LogP contribution in [0.2, 0.25) is 0 Å². The van der Waals surface area contributed by atoms with Crippen molar-refractivity contribution in [2.75, 3.05) is 25.4 Å². The second kappa shape index (κ2) is 9.41. The molecular formula is C16H24FNO2S. The van der Waals surface area contributed by atoms with Gasteiger partial charge in [-0.25, -0.2) is 4.39 Å². The Balaban J connectivity index is 1.55. The van der Waals surface area contributed by atoms with E-state index in [4.69, 9.17) is 4.74 Å². The van der Waals surface area contributed by atoms with Gasteiger partial charge in [-0.2, -0.15) is 11.8 Å². The quantitative estimate of drug-likeness (QED) is 0.774. The first kappa shape index (κ1) is 16.7. The third-order valence-corrected chi connectivity index (χ3v) is 4.95. The van der Waals surface area contributed by atoms with Crippen LogP contribution >= 0.6 is 11.8 Å². The smallest absolute Gasteiger partial charge is 0.128 e. The molecule has 1 aliphatic heterocycles. The Bertz CT molecular complexity index is 413. The molecule has 0 aliphatic carbocycles. The van der Waals surface area contributed by atoms with Gasteiger partial charge in [0, 0.05) is 23.9 Å². The van der Waals surface area contributed by atoms with E-state index in [0.717, 1.165) is 6.54 Å². The van der Waals surface area contributed by atoms with Crippen molar-refractivity contribution in [1.82, 2.24) is 5.32 Å². The molecule has 3 nitrogen and oxygen atoms in total. The van der Waals surface area contributed by atoms with Crippen molar-refractivity contribution in [2.45, 2.75) is 37.2 Å². The minimum Gasteiger partial charge on any atom is -0.389 e. The molecule has 2 N–H and O–H groups in total. The molecule has 0 saturated carbocycles. The maximum absolute atomic E-state index is 13.4.